The van der Waals surface area contributed by atoms with E-state index in [1.165, 1.54) is 24.4 Å². The van der Waals surface area contributed by atoms with E-state index in [0.29, 0.717) is 29.7 Å². The second-order valence-electron chi connectivity index (χ2n) is 10.9. The van der Waals surface area contributed by atoms with Gasteiger partial charge in [-0.1, -0.05) is 12.1 Å². The first-order valence-electron chi connectivity index (χ1n) is 14.3. The number of hydrogen-bond acceptors (Lipinski definition) is 6. The number of methoxy groups -OCH3 is 1. The fourth-order valence-electron chi connectivity index (χ4n) is 5.34. The Labute approximate surface area is 255 Å². The van der Waals surface area contributed by atoms with Crippen molar-refractivity contribution in [2.45, 2.75) is 51.4 Å². The summed E-state index contributed by atoms with van der Waals surface area (Å²) in [6, 6.07) is 11.8. The molecule has 0 unspecified atom stereocenters. The summed E-state index contributed by atoms with van der Waals surface area (Å²) in [5, 5.41) is 4.64. The number of halogens is 6. The molecule has 0 spiro atoms. The third-order valence-electron chi connectivity index (χ3n) is 7.61. The average Bonchev–Trinajstić information content (AvgIpc) is 3.36. The van der Waals surface area contributed by atoms with Crippen molar-refractivity contribution in [1.29, 1.82) is 0 Å². The Balaban J connectivity index is 1.09. The summed E-state index contributed by atoms with van der Waals surface area (Å²) < 4.78 is 93.7. The highest BCUT2D eigenvalue weighted by atomic mass is 19.4. The average molecular weight is 638 g/mol. The fourth-order valence-corrected chi connectivity index (χ4v) is 5.34. The number of alkyl halides is 6. The van der Waals surface area contributed by atoms with Crippen LogP contribution in [0.25, 0.3) is 10.9 Å². The highest BCUT2D eigenvalue weighted by Gasteiger charge is 2.38. The number of fused-ring (bicyclic) bond motifs is 3. The number of amides is 1. The molecule has 5 rings (SSSR count). The van der Waals surface area contributed by atoms with Gasteiger partial charge in [-0.2, -0.15) is 26.3 Å². The van der Waals surface area contributed by atoms with Crippen LogP contribution in [0.2, 0.25) is 0 Å². The second kappa shape index (κ2) is 13.0. The Morgan fingerprint density at radius 1 is 1.02 bits per heavy atom. The van der Waals surface area contributed by atoms with E-state index in [0.717, 1.165) is 29.6 Å². The lowest BCUT2D eigenvalue weighted by Crippen LogP contribution is -2.41. The number of benzene rings is 2. The predicted octanol–water partition coefficient (Wildman–Crippen LogP) is 5.70. The summed E-state index contributed by atoms with van der Waals surface area (Å²) in [5.74, 6) is 0.467. The summed E-state index contributed by atoms with van der Waals surface area (Å²) in [7, 11) is 1.53. The van der Waals surface area contributed by atoms with Crippen LogP contribution in [0.1, 0.15) is 30.2 Å². The molecule has 1 aromatic heterocycles. The quantitative estimate of drug-likeness (QED) is 0.220. The second-order valence-corrected chi connectivity index (χ2v) is 10.9. The van der Waals surface area contributed by atoms with Gasteiger partial charge in [0, 0.05) is 48.1 Å². The molecule has 0 saturated carbocycles. The smallest absolute Gasteiger partial charge is 0.419 e. The van der Waals surface area contributed by atoms with Gasteiger partial charge in [0.1, 0.15) is 5.75 Å². The minimum atomic E-state index is -4.60. The topological polar surface area (TPSA) is 71.0 Å². The predicted molar refractivity (Wildman–Crippen MR) is 154 cm³/mol. The molecular formula is C31H33F6N5O3. The molecule has 3 aromatic rings. The molecule has 0 fully saturated rings. The lowest BCUT2D eigenvalue weighted by Gasteiger charge is -2.30. The third kappa shape index (κ3) is 7.67. The molecule has 2 N–H and O–H groups in total. The van der Waals surface area contributed by atoms with Crippen molar-refractivity contribution in [3.05, 3.63) is 89.0 Å². The van der Waals surface area contributed by atoms with Gasteiger partial charge in [0.2, 0.25) is 5.91 Å². The molecule has 0 bridgehead atoms. The minimum Gasteiger partial charge on any atom is -0.497 e. The van der Waals surface area contributed by atoms with Crippen LogP contribution in [-0.4, -0.2) is 59.5 Å². The molecule has 0 radical (unpaired) electrons. The normalized spacial score (nSPS) is 16.1. The Morgan fingerprint density at radius 3 is 2.47 bits per heavy atom. The van der Waals surface area contributed by atoms with Crippen molar-refractivity contribution >= 4 is 16.8 Å². The molecule has 2 aliphatic heterocycles. The molecule has 0 saturated heterocycles. The zero-order chi connectivity index (χ0) is 32.4. The van der Waals surface area contributed by atoms with E-state index < -0.39 is 29.5 Å². The van der Waals surface area contributed by atoms with Crippen LogP contribution in [0.4, 0.5) is 26.3 Å². The number of carbonyl (C=O) groups excluding carboxylic acids is 1. The number of nitrogens with one attached hydrogen (secondary N) is 2. The van der Waals surface area contributed by atoms with Crippen LogP contribution in [-0.2, 0) is 35.3 Å². The van der Waals surface area contributed by atoms with Crippen molar-refractivity contribution < 1.29 is 40.6 Å². The van der Waals surface area contributed by atoms with Crippen molar-refractivity contribution in [3.8, 4) is 5.75 Å². The van der Waals surface area contributed by atoms with E-state index in [1.54, 1.807) is 42.2 Å². The Bertz CT molecular complexity index is 1580. The first-order valence-corrected chi connectivity index (χ1v) is 14.3. The largest absolute Gasteiger partial charge is 0.497 e. The number of ether oxygens (including phenoxy) is 2. The molecule has 1 atom stereocenters. The van der Waals surface area contributed by atoms with Crippen LogP contribution in [0, 0.1) is 0 Å². The first kappa shape index (κ1) is 32.1. The molecule has 3 heterocycles. The zero-order valence-electron chi connectivity index (χ0n) is 24.6. The van der Waals surface area contributed by atoms with Gasteiger partial charge in [0.05, 0.1) is 56.7 Å². The number of allylic oxidation sites excluding steroid dienone is 1. The van der Waals surface area contributed by atoms with Gasteiger partial charge in [0.25, 0.3) is 0 Å². The number of hydrogen-bond donors (Lipinski definition) is 2. The number of aromatic nitrogens is 1. The highest BCUT2D eigenvalue weighted by molar-refractivity contribution is 5.83. The summed E-state index contributed by atoms with van der Waals surface area (Å²) in [4.78, 5) is 14.5. The van der Waals surface area contributed by atoms with Gasteiger partial charge in [-0.05, 0) is 48.9 Å². The fraction of sp³-hybridized carbons (Fsp3) is 0.387. The van der Waals surface area contributed by atoms with Crippen molar-refractivity contribution in [2.24, 2.45) is 0 Å². The lowest BCUT2D eigenvalue weighted by atomic mass is 10.1. The first-order chi connectivity index (χ1) is 21.3. The van der Waals surface area contributed by atoms with E-state index in [2.05, 4.69) is 10.7 Å². The lowest BCUT2D eigenvalue weighted by molar-refractivity contribution is -0.137. The zero-order valence-corrected chi connectivity index (χ0v) is 24.6. The van der Waals surface area contributed by atoms with Gasteiger partial charge >= 0.3 is 12.4 Å². The maximum absolute atomic E-state index is 13.9. The van der Waals surface area contributed by atoms with Crippen LogP contribution < -0.4 is 15.5 Å². The molecule has 0 aliphatic carbocycles. The minimum absolute atomic E-state index is 0.0566. The van der Waals surface area contributed by atoms with Gasteiger partial charge in [-0.15, -0.1) is 0 Å². The van der Waals surface area contributed by atoms with Crippen molar-refractivity contribution in [3.63, 3.8) is 0 Å². The molecule has 242 valence electrons. The van der Waals surface area contributed by atoms with Gasteiger partial charge in [-0.3, -0.25) is 9.80 Å². The number of rotatable bonds is 10. The van der Waals surface area contributed by atoms with E-state index in [1.807, 2.05) is 4.57 Å². The van der Waals surface area contributed by atoms with Gasteiger partial charge in [-0.25, -0.2) is 0 Å². The SMILES string of the molecule is COc1ccc(CN2C=C(C(F)(F)F)C(N[C@@H](C)COCCC(=O)N3CCn4c(cc5cc(C(F)(F)F)ccc54)C3)=CN2)cc1. The molecule has 45 heavy (non-hydrogen) atoms. The van der Waals surface area contributed by atoms with Gasteiger partial charge < -0.3 is 29.7 Å². The van der Waals surface area contributed by atoms with E-state index in [-0.39, 0.29) is 44.3 Å². The van der Waals surface area contributed by atoms with Crippen LogP contribution >= 0.6 is 0 Å². The standard InChI is InChI=1S/C31H33F6N5O3/c1-20(39-27-15-38-41(18-26(27)31(35,36)37)16-21-3-6-25(44-2)7-4-21)19-45-12-9-29(43)40-10-11-42-24(17-40)14-22-13-23(30(32,33)34)5-8-28(22)42/h3-8,13-15,18,20,38-39H,9-12,16-17,19H2,1-2H3/t20-/m0/s1. The summed E-state index contributed by atoms with van der Waals surface area (Å²) in [5.41, 5.74) is 3.38. The summed E-state index contributed by atoms with van der Waals surface area (Å²) >= 11 is 0. The number of hydrazine groups is 1. The molecule has 14 heteroatoms. The van der Waals surface area contributed by atoms with Crippen LogP contribution in [0.15, 0.2) is 72.2 Å². The molecular weight excluding hydrogens is 604 g/mol. The maximum Gasteiger partial charge on any atom is 0.419 e. The maximum atomic E-state index is 13.9. The van der Waals surface area contributed by atoms with E-state index in [4.69, 9.17) is 9.47 Å². The third-order valence-corrected chi connectivity index (χ3v) is 7.61. The summed E-state index contributed by atoms with van der Waals surface area (Å²) in [6.07, 6.45) is -6.72. The Kier molecular flexibility index (Phi) is 9.23. The Morgan fingerprint density at radius 2 is 1.78 bits per heavy atom. The molecule has 2 aromatic carbocycles. The molecule has 1 amide bonds. The van der Waals surface area contributed by atoms with E-state index in [9.17, 15) is 31.1 Å². The van der Waals surface area contributed by atoms with Crippen LogP contribution in [0.3, 0.4) is 0 Å². The van der Waals surface area contributed by atoms with Crippen molar-refractivity contribution in [2.75, 3.05) is 26.9 Å². The summed E-state index contributed by atoms with van der Waals surface area (Å²) in [6.45, 7) is 3.10. The highest BCUT2D eigenvalue weighted by Crippen LogP contribution is 2.34. The van der Waals surface area contributed by atoms with Crippen LogP contribution in [0.5, 0.6) is 5.75 Å². The van der Waals surface area contributed by atoms with E-state index >= 15 is 0 Å². The Hall–Kier alpha value is -4.33. The number of carbonyl (C=O) groups is 1. The monoisotopic (exact) mass is 637 g/mol. The molecule has 2 aliphatic rings. The van der Waals surface area contributed by atoms with Gasteiger partial charge in [0.15, 0.2) is 0 Å². The number of nitrogens with zero attached hydrogens (tertiary/aromatic N) is 3. The molecule has 8 nitrogen and oxygen atoms in total. The van der Waals surface area contributed by atoms with Crippen molar-refractivity contribution in [1.82, 2.24) is 25.2 Å².